The van der Waals surface area contributed by atoms with E-state index < -0.39 is 5.09 Å². The Morgan fingerprint density at radius 2 is 1.90 bits per heavy atom. The average Bonchev–Trinajstić information content (AvgIpc) is 2.63. The number of aromatic hydroxyl groups is 2. The molecule has 30 heavy (non-hydrogen) atoms. The van der Waals surface area contributed by atoms with Gasteiger partial charge in [0.1, 0.15) is 11.5 Å². The van der Waals surface area contributed by atoms with Gasteiger partial charge in [0, 0.05) is 11.5 Å². The largest absolute Gasteiger partial charge is 0.507 e. The second-order valence-electron chi connectivity index (χ2n) is 9.21. The summed E-state index contributed by atoms with van der Waals surface area (Å²) in [6.07, 6.45) is 7.28. The molecule has 2 rings (SSSR count). The van der Waals surface area contributed by atoms with Gasteiger partial charge in [-0.3, -0.25) is 0 Å². The Kier molecular flexibility index (Phi) is 7.93. The van der Waals surface area contributed by atoms with Crippen LogP contribution in [0.15, 0.2) is 35.9 Å². The van der Waals surface area contributed by atoms with Gasteiger partial charge in [-0.2, -0.15) is 0 Å². The maximum Gasteiger partial charge on any atom is 0.294 e. The van der Waals surface area contributed by atoms with Crippen LogP contribution in [0.2, 0.25) is 0 Å². The van der Waals surface area contributed by atoms with Crippen LogP contribution in [0.5, 0.6) is 11.5 Å². The average molecular weight is 418 g/mol. The van der Waals surface area contributed by atoms with E-state index in [-0.39, 0.29) is 35.4 Å². The van der Waals surface area contributed by atoms with Crippen molar-refractivity contribution in [2.75, 3.05) is 6.61 Å². The second kappa shape index (κ2) is 10.0. The molecule has 0 heterocycles. The molecule has 6 nitrogen and oxygen atoms in total. The van der Waals surface area contributed by atoms with E-state index in [1.54, 1.807) is 12.1 Å². The van der Waals surface area contributed by atoms with Crippen molar-refractivity contribution >= 4 is 0 Å². The highest BCUT2D eigenvalue weighted by Crippen LogP contribution is 2.47. The lowest BCUT2D eigenvalue weighted by Crippen LogP contribution is -2.19. The lowest BCUT2D eigenvalue weighted by molar-refractivity contribution is -0.757. The molecule has 0 amide bonds. The van der Waals surface area contributed by atoms with Gasteiger partial charge >= 0.3 is 0 Å². The minimum absolute atomic E-state index is 0.0741. The Morgan fingerprint density at radius 3 is 2.47 bits per heavy atom. The van der Waals surface area contributed by atoms with Crippen molar-refractivity contribution in [3.8, 4) is 11.5 Å². The van der Waals surface area contributed by atoms with E-state index in [0.717, 1.165) is 43.2 Å². The summed E-state index contributed by atoms with van der Waals surface area (Å²) in [5.74, 6) is 0.375. The van der Waals surface area contributed by atoms with Gasteiger partial charge in [0.05, 0.1) is 6.61 Å². The summed E-state index contributed by atoms with van der Waals surface area (Å²) in [6, 6.07) is 3.55. The fourth-order valence-corrected chi connectivity index (χ4v) is 4.39. The fourth-order valence-electron chi connectivity index (χ4n) is 4.39. The van der Waals surface area contributed by atoms with Gasteiger partial charge in [0.25, 0.3) is 5.09 Å². The van der Waals surface area contributed by atoms with Gasteiger partial charge in [-0.05, 0) is 68.6 Å². The first-order valence-electron chi connectivity index (χ1n) is 10.7. The van der Waals surface area contributed by atoms with Crippen LogP contribution in [0.25, 0.3) is 0 Å². The number of phenols is 2. The normalized spacial score (nSPS) is 19.3. The molecule has 0 fully saturated rings. The molecule has 0 bridgehead atoms. The van der Waals surface area contributed by atoms with Crippen molar-refractivity contribution in [3.63, 3.8) is 0 Å². The number of nitrogens with zero attached hydrogens (tertiary/aromatic N) is 1. The number of hydrogen-bond acceptors (Lipinski definition) is 5. The van der Waals surface area contributed by atoms with Crippen LogP contribution < -0.4 is 0 Å². The molecule has 1 aromatic rings. The van der Waals surface area contributed by atoms with Crippen molar-refractivity contribution in [2.24, 2.45) is 5.92 Å². The van der Waals surface area contributed by atoms with Crippen LogP contribution in [-0.4, -0.2) is 21.9 Å². The number of hydrogen-bond donors (Lipinski definition) is 2. The van der Waals surface area contributed by atoms with E-state index in [2.05, 4.69) is 38.3 Å². The van der Waals surface area contributed by atoms with E-state index in [1.807, 2.05) is 6.92 Å². The van der Waals surface area contributed by atoms with Crippen LogP contribution in [0.4, 0.5) is 0 Å². The molecule has 0 aliphatic heterocycles. The third-order valence-electron chi connectivity index (χ3n) is 6.27. The van der Waals surface area contributed by atoms with Crippen molar-refractivity contribution in [3.05, 3.63) is 57.2 Å². The number of allylic oxidation sites excluding steroid dienone is 3. The molecule has 1 aliphatic rings. The monoisotopic (exact) mass is 417 g/mol. The van der Waals surface area contributed by atoms with Crippen molar-refractivity contribution < 1.29 is 20.1 Å². The predicted octanol–water partition coefficient (Wildman–Crippen LogP) is 6.16. The highest BCUT2D eigenvalue weighted by Gasteiger charge is 2.31. The molecule has 166 valence electrons. The predicted molar refractivity (Wildman–Crippen MR) is 118 cm³/mol. The minimum atomic E-state index is -0.765. The lowest BCUT2D eigenvalue weighted by Gasteiger charge is -2.32. The van der Waals surface area contributed by atoms with Gasteiger partial charge in [-0.1, -0.05) is 50.5 Å². The highest BCUT2D eigenvalue weighted by atomic mass is 16.9. The van der Waals surface area contributed by atoms with Crippen molar-refractivity contribution in [1.29, 1.82) is 0 Å². The molecule has 1 aromatic carbocycles. The van der Waals surface area contributed by atoms with E-state index in [4.69, 9.17) is 0 Å². The first-order valence-corrected chi connectivity index (χ1v) is 10.7. The Balaban J connectivity index is 2.15. The topological polar surface area (TPSA) is 92.8 Å². The third-order valence-corrected chi connectivity index (χ3v) is 6.27. The van der Waals surface area contributed by atoms with Crippen molar-refractivity contribution in [2.45, 2.75) is 77.6 Å². The molecular weight excluding hydrogens is 382 g/mol. The van der Waals surface area contributed by atoms with Crippen LogP contribution in [0.3, 0.4) is 0 Å². The molecule has 2 N–H and O–H groups in total. The molecule has 0 spiro atoms. The Hall–Kier alpha value is -2.50. The zero-order valence-electron chi connectivity index (χ0n) is 18.6. The zero-order chi connectivity index (χ0) is 22.5. The summed E-state index contributed by atoms with van der Waals surface area (Å²) in [4.78, 5) is 14.5. The Morgan fingerprint density at radius 1 is 1.27 bits per heavy atom. The van der Waals surface area contributed by atoms with Gasteiger partial charge in [-0.25, -0.2) is 0 Å². The Labute approximate surface area is 179 Å². The maximum absolute atomic E-state index is 10.9. The summed E-state index contributed by atoms with van der Waals surface area (Å²) in [7, 11) is 0. The molecule has 0 unspecified atom stereocenters. The van der Waals surface area contributed by atoms with Crippen LogP contribution >= 0.6 is 0 Å². The van der Waals surface area contributed by atoms with E-state index in [1.165, 1.54) is 5.57 Å². The molecule has 1 aliphatic carbocycles. The number of rotatable bonds is 10. The highest BCUT2D eigenvalue weighted by molar-refractivity contribution is 5.53. The standard InChI is InChI=1S/C24H35NO5/c1-16(2)19-10-9-17(3)13-20(19)23-21(26)14-18(15-22(23)27)24(4,5)11-7-6-8-12-30-25(28)29/h13-15,19-20,26-27H,1,6-12H2,2-5H3/t19-,20+/m0/s1. The summed E-state index contributed by atoms with van der Waals surface area (Å²) in [6.45, 7) is 12.5. The summed E-state index contributed by atoms with van der Waals surface area (Å²) in [5, 5.41) is 31.2. The zero-order valence-corrected chi connectivity index (χ0v) is 18.6. The minimum Gasteiger partial charge on any atom is -0.507 e. The smallest absolute Gasteiger partial charge is 0.294 e. The molecule has 0 saturated heterocycles. The quantitative estimate of drug-likeness (QED) is 0.206. The van der Waals surface area contributed by atoms with Gasteiger partial charge in [-0.15, -0.1) is 10.1 Å². The van der Waals surface area contributed by atoms with Gasteiger partial charge < -0.3 is 15.1 Å². The SMILES string of the molecule is C=C(C)[C@@H]1CCC(C)=C[C@H]1c1c(O)cc(C(C)(C)CCCCCO[N+](=O)[O-])cc1O. The molecule has 2 atom stereocenters. The van der Waals surface area contributed by atoms with Crippen LogP contribution in [-0.2, 0) is 10.3 Å². The van der Waals surface area contributed by atoms with E-state index >= 15 is 0 Å². The first kappa shape index (κ1) is 23.8. The number of benzene rings is 1. The molecule has 0 radical (unpaired) electrons. The second-order valence-corrected chi connectivity index (χ2v) is 9.21. The molecule has 0 saturated carbocycles. The van der Waals surface area contributed by atoms with Gasteiger partial charge in [0.2, 0.25) is 0 Å². The van der Waals surface area contributed by atoms with Crippen LogP contribution in [0.1, 0.15) is 83.3 Å². The fraction of sp³-hybridized carbons (Fsp3) is 0.583. The lowest BCUT2D eigenvalue weighted by atomic mass is 9.72. The summed E-state index contributed by atoms with van der Waals surface area (Å²) < 4.78 is 0. The number of phenolic OH excluding ortho intramolecular Hbond substituents is 2. The van der Waals surface area contributed by atoms with Crippen LogP contribution in [0, 0.1) is 16.0 Å². The van der Waals surface area contributed by atoms with E-state index in [0.29, 0.717) is 12.0 Å². The molecular formula is C24H35NO5. The molecule has 0 aromatic heterocycles. The third kappa shape index (κ3) is 6.00. The van der Waals surface area contributed by atoms with Gasteiger partial charge in [0.15, 0.2) is 0 Å². The number of unbranched alkanes of at least 4 members (excludes halogenated alkanes) is 2. The Bertz CT molecular complexity index is 789. The molecule has 6 heteroatoms. The summed E-state index contributed by atoms with van der Waals surface area (Å²) >= 11 is 0. The summed E-state index contributed by atoms with van der Waals surface area (Å²) in [5.41, 5.74) is 3.54. The maximum atomic E-state index is 10.9. The first-order chi connectivity index (χ1) is 14.0. The van der Waals surface area contributed by atoms with Crippen molar-refractivity contribution in [1.82, 2.24) is 0 Å². The van der Waals surface area contributed by atoms with E-state index in [9.17, 15) is 20.3 Å².